The van der Waals surface area contributed by atoms with Crippen molar-refractivity contribution >= 4 is 21.7 Å². The highest BCUT2D eigenvalue weighted by Crippen LogP contribution is 2.38. The van der Waals surface area contributed by atoms with Crippen molar-refractivity contribution in [2.24, 2.45) is 0 Å². The molecule has 2 N–H and O–H groups in total. The van der Waals surface area contributed by atoms with E-state index >= 15 is 0 Å². The molecule has 4 nitrogen and oxygen atoms in total. The Bertz CT molecular complexity index is 782. The van der Waals surface area contributed by atoms with Gasteiger partial charge in [-0.15, -0.1) is 0 Å². The van der Waals surface area contributed by atoms with Gasteiger partial charge in [0.05, 0.1) is 16.8 Å². The minimum absolute atomic E-state index is 0.0189. The topological polar surface area (TPSA) is 64.9 Å². The van der Waals surface area contributed by atoms with Crippen LogP contribution in [0.15, 0.2) is 45.5 Å². The number of nitrogens with two attached hydrogens (primary N) is 1. The lowest BCUT2D eigenvalue weighted by molar-refractivity contribution is 0.430. The number of benzene rings is 1. The molecule has 0 fully saturated rings. The monoisotopic (exact) mass is 351 g/mol. The highest BCUT2D eigenvalue weighted by Gasteiger charge is 2.24. The maximum Gasteiger partial charge on any atom is 0.184 e. The molecule has 0 spiro atoms. The Morgan fingerprint density at radius 3 is 2.43 bits per heavy atom. The molecule has 0 atom stereocenters. The standard InChI is InChI=1S/C14H8BrF2N3O/c15-7-5-8(16)11(9(17)6-7)13-12(14(18)20-21-13)10-3-1-2-4-19-10/h1-6H,(H2,18,20). The number of hydrogen-bond donors (Lipinski definition) is 1. The number of pyridine rings is 1. The van der Waals surface area contributed by atoms with Crippen LogP contribution in [0.1, 0.15) is 0 Å². The second-order valence-corrected chi connectivity index (χ2v) is 5.15. The molecule has 2 heterocycles. The van der Waals surface area contributed by atoms with Gasteiger partial charge < -0.3 is 10.3 Å². The Balaban J connectivity index is 2.27. The van der Waals surface area contributed by atoms with Crippen LogP contribution in [-0.4, -0.2) is 10.1 Å². The van der Waals surface area contributed by atoms with Crippen molar-refractivity contribution < 1.29 is 13.3 Å². The van der Waals surface area contributed by atoms with Crippen molar-refractivity contribution in [3.8, 4) is 22.6 Å². The molecule has 3 rings (SSSR count). The fourth-order valence-corrected chi connectivity index (χ4v) is 2.39. The smallest absolute Gasteiger partial charge is 0.184 e. The van der Waals surface area contributed by atoms with E-state index in [-0.39, 0.29) is 27.2 Å². The Morgan fingerprint density at radius 1 is 1.10 bits per heavy atom. The molecule has 106 valence electrons. The second-order valence-electron chi connectivity index (χ2n) is 4.23. The molecule has 0 saturated carbocycles. The van der Waals surface area contributed by atoms with Crippen LogP contribution in [0.2, 0.25) is 0 Å². The van der Waals surface area contributed by atoms with Crippen LogP contribution in [-0.2, 0) is 0 Å². The molecule has 0 amide bonds. The van der Waals surface area contributed by atoms with E-state index in [9.17, 15) is 8.78 Å². The minimum atomic E-state index is -0.782. The summed E-state index contributed by atoms with van der Waals surface area (Å²) in [5, 5.41) is 3.59. The number of aromatic nitrogens is 2. The first-order chi connectivity index (χ1) is 10.1. The molecule has 0 aliphatic carbocycles. The zero-order valence-electron chi connectivity index (χ0n) is 10.5. The Kier molecular flexibility index (Phi) is 3.42. The molecule has 0 saturated heterocycles. The zero-order chi connectivity index (χ0) is 15.0. The predicted molar refractivity (Wildman–Crippen MR) is 77.2 cm³/mol. The lowest BCUT2D eigenvalue weighted by Gasteiger charge is -2.05. The molecule has 1 aromatic carbocycles. The molecule has 0 unspecified atom stereocenters. The molecule has 7 heteroatoms. The molecule has 21 heavy (non-hydrogen) atoms. The van der Waals surface area contributed by atoms with Gasteiger partial charge >= 0.3 is 0 Å². The van der Waals surface area contributed by atoms with Gasteiger partial charge in [0.1, 0.15) is 11.6 Å². The van der Waals surface area contributed by atoms with Crippen molar-refractivity contribution in [3.05, 3.63) is 52.6 Å². The van der Waals surface area contributed by atoms with E-state index in [0.717, 1.165) is 12.1 Å². The molecular weight excluding hydrogens is 344 g/mol. The summed E-state index contributed by atoms with van der Waals surface area (Å²) in [4.78, 5) is 4.11. The summed E-state index contributed by atoms with van der Waals surface area (Å²) >= 11 is 3.03. The van der Waals surface area contributed by atoms with Gasteiger partial charge in [-0.1, -0.05) is 27.2 Å². The van der Waals surface area contributed by atoms with Gasteiger partial charge in [-0.3, -0.25) is 4.98 Å². The lowest BCUT2D eigenvalue weighted by Crippen LogP contribution is -1.94. The van der Waals surface area contributed by atoms with Gasteiger partial charge in [-0.25, -0.2) is 8.78 Å². The lowest BCUT2D eigenvalue weighted by atomic mass is 10.0. The third kappa shape index (κ3) is 2.40. The Hall–Kier alpha value is -2.28. The molecule has 2 aromatic heterocycles. The van der Waals surface area contributed by atoms with Crippen molar-refractivity contribution in [2.75, 3.05) is 5.73 Å². The van der Waals surface area contributed by atoms with E-state index in [0.29, 0.717) is 5.69 Å². The zero-order valence-corrected chi connectivity index (χ0v) is 12.1. The summed E-state index contributed by atoms with van der Waals surface area (Å²) in [5.74, 6) is -1.63. The van der Waals surface area contributed by atoms with Crippen LogP contribution >= 0.6 is 15.9 Å². The van der Waals surface area contributed by atoms with Crippen molar-refractivity contribution in [1.29, 1.82) is 0 Å². The average Bonchev–Trinajstić information content (AvgIpc) is 2.80. The number of anilines is 1. The molecule has 0 radical (unpaired) electrons. The maximum atomic E-state index is 14.1. The number of nitrogen functional groups attached to an aromatic ring is 1. The molecule has 0 aliphatic rings. The minimum Gasteiger partial charge on any atom is -0.380 e. The van der Waals surface area contributed by atoms with Crippen LogP contribution in [0.5, 0.6) is 0 Å². The van der Waals surface area contributed by atoms with Crippen molar-refractivity contribution in [3.63, 3.8) is 0 Å². The fourth-order valence-electron chi connectivity index (χ4n) is 1.99. The number of hydrogen-bond acceptors (Lipinski definition) is 4. The summed E-state index contributed by atoms with van der Waals surface area (Å²) in [5.41, 5.74) is 6.10. The third-order valence-corrected chi connectivity index (χ3v) is 3.33. The van der Waals surface area contributed by atoms with Gasteiger partial charge in [-0.2, -0.15) is 0 Å². The summed E-state index contributed by atoms with van der Waals surface area (Å²) in [6.45, 7) is 0. The average molecular weight is 352 g/mol. The van der Waals surface area contributed by atoms with E-state index < -0.39 is 11.6 Å². The molecular formula is C14H8BrF2N3O. The van der Waals surface area contributed by atoms with Crippen LogP contribution in [0, 0.1) is 11.6 Å². The summed E-state index contributed by atoms with van der Waals surface area (Å²) in [6, 6.07) is 7.38. The first-order valence-corrected chi connectivity index (χ1v) is 6.68. The normalized spacial score (nSPS) is 10.8. The van der Waals surface area contributed by atoms with Gasteiger partial charge in [0.15, 0.2) is 11.6 Å². The number of nitrogens with zero attached hydrogens (tertiary/aromatic N) is 2. The van der Waals surface area contributed by atoms with E-state index in [4.69, 9.17) is 10.3 Å². The van der Waals surface area contributed by atoms with Gasteiger partial charge in [0.25, 0.3) is 0 Å². The quantitative estimate of drug-likeness (QED) is 0.756. The first kappa shape index (κ1) is 13.7. The van der Waals surface area contributed by atoms with E-state index in [1.807, 2.05) is 0 Å². The predicted octanol–water partition coefficient (Wildman–Crippen LogP) is 4.03. The van der Waals surface area contributed by atoms with Gasteiger partial charge in [0.2, 0.25) is 0 Å². The van der Waals surface area contributed by atoms with Crippen LogP contribution in [0.4, 0.5) is 14.6 Å². The summed E-state index contributed by atoms with van der Waals surface area (Å²) in [6.07, 6.45) is 1.54. The first-order valence-electron chi connectivity index (χ1n) is 5.89. The van der Waals surface area contributed by atoms with Crippen molar-refractivity contribution in [1.82, 2.24) is 10.1 Å². The van der Waals surface area contributed by atoms with E-state index in [1.54, 1.807) is 24.4 Å². The summed E-state index contributed by atoms with van der Waals surface area (Å²) < 4.78 is 33.5. The second kappa shape index (κ2) is 5.25. The maximum absolute atomic E-state index is 14.1. The highest BCUT2D eigenvalue weighted by molar-refractivity contribution is 9.10. The summed E-state index contributed by atoms with van der Waals surface area (Å²) in [7, 11) is 0. The number of halogens is 3. The Labute approximate surface area is 126 Å². The SMILES string of the molecule is Nc1noc(-c2c(F)cc(Br)cc2F)c1-c1ccccn1. The highest BCUT2D eigenvalue weighted by atomic mass is 79.9. The molecule has 3 aromatic rings. The van der Waals surface area contributed by atoms with Crippen molar-refractivity contribution in [2.45, 2.75) is 0 Å². The third-order valence-electron chi connectivity index (χ3n) is 2.87. The largest absolute Gasteiger partial charge is 0.380 e. The Morgan fingerprint density at radius 2 is 1.81 bits per heavy atom. The van der Waals surface area contributed by atoms with Crippen LogP contribution in [0.3, 0.4) is 0 Å². The fraction of sp³-hybridized carbons (Fsp3) is 0. The molecule has 0 bridgehead atoms. The van der Waals surface area contributed by atoms with E-state index in [1.165, 1.54) is 0 Å². The molecule has 0 aliphatic heterocycles. The van der Waals surface area contributed by atoms with Gasteiger partial charge in [-0.05, 0) is 24.3 Å². The van der Waals surface area contributed by atoms with Crippen LogP contribution in [0.25, 0.3) is 22.6 Å². The van der Waals surface area contributed by atoms with Gasteiger partial charge in [0, 0.05) is 10.7 Å². The van der Waals surface area contributed by atoms with Crippen LogP contribution < -0.4 is 5.73 Å². The number of rotatable bonds is 2. The van der Waals surface area contributed by atoms with E-state index in [2.05, 4.69) is 26.1 Å².